The second-order valence-electron chi connectivity index (χ2n) is 3.40. The van der Waals surface area contributed by atoms with Gasteiger partial charge in [-0.1, -0.05) is 5.16 Å². The predicted molar refractivity (Wildman–Crippen MR) is 62.1 cm³/mol. The van der Waals surface area contributed by atoms with Crippen LogP contribution in [0.15, 0.2) is 33.7 Å². The van der Waals surface area contributed by atoms with Crippen LogP contribution in [0.5, 0.6) is 5.75 Å². The number of hydrogen-bond acceptors (Lipinski definition) is 5. The van der Waals surface area contributed by atoms with Gasteiger partial charge in [0, 0.05) is 11.8 Å². The number of ether oxygens (including phenoxy) is 1. The fraction of sp³-hybridized carbons (Fsp3) is 0.273. The van der Waals surface area contributed by atoms with Crippen molar-refractivity contribution in [2.45, 2.75) is 17.6 Å². The van der Waals surface area contributed by atoms with Crippen LogP contribution in [-0.4, -0.2) is 21.5 Å². The molecule has 2 aromatic rings. The van der Waals surface area contributed by atoms with Gasteiger partial charge in [-0.2, -0.15) is 4.98 Å². The van der Waals surface area contributed by atoms with Crippen LogP contribution in [0.4, 0.5) is 0 Å². The molecule has 0 aliphatic carbocycles. The number of rotatable bonds is 4. The minimum Gasteiger partial charge on any atom is -0.497 e. The van der Waals surface area contributed by atoms with Crippen molar-refractivity contribution in [3.63, 3.8) is 0 Å². The lowest BCUT2D eigenvalue weighted by Gasteiger charge is -2.01. The van der Waals surface area contributed by atoms with Gasteiger partial charge in [-0.15, -0.1) is 0 Å². The zero-order valence-electron chi connectivity index (χ0n) is 9.54. The molecule has 0 saturated carbocycles. The third kappa shape index (κ3) is 2.91. The molecule has 1 aromatic carbocycles. The van der Waals surface area contributed by atoms with E-state index in [4.69, 9.17) is 9.26 Å². The van der Waals surface area contributed by atoms with Crippen LogP contribution in [0.2, 0.25) is 0 Å². The van der Waals surface area contributed by atoms with E-state index in [-0.39, 0.29) is 5.75 Å². The fourth-order valence-electron chi connectivity index (χ4n) is 1.33. The van der Waals surface area contributed by atoms with E-state index in [1.54, 1.807) is 38.3 Å². The molecular formula is C11H12N2O3S. The summed E-state index contributed by atoms with van der Waals surface area (Å²) >= 11 is 0. The Kier molecular flexibility index (Phi) is 3.53. The molecular weight excluding hydrogens is 240 g/mol. The molecule has 0 bridgehead atoms. The molecule has 0 N–H and O–H groups in total. The van der Waals surface area contributed by atoms with Crippen molar-refractivity contribution in [1.82, 2.24) is 10.1 Å². The van der Waals surface area contributed by atoms with Gasteiger partial charge in [0.15, 0.2) is 5.82 Å². The second kappa shape index (κ2) is 5.09. The van der Waals surface area contributed by atoms with Crippen LogP contribution in [0.25, 0.3) is 0 Å². The summed E-state index contributed by atoms with van der Waals surface area (Å²) in [6.07, 6.45) is 0. The standard InChI is InChI=1S/C11H12N2O3S/c1-8-12-11(13-16-8)7-17(14)10-5-3-9(15-2)4-6-10/h3-6H,7H2,1-2H3. The number of benzene rings is 1. The maximum Gasteiger partial charge on any atom is 0.223 e. The first-order chi connectivity index (χ1) is 8.19. The molecule has 1 atom stereocenters. The van der Waals surface area contributed by atoms with E-state index in [9.17, 15) is 4.21 Å². The van der Waals surface area contributed by atoms with E-state index < -0.39 is 10.8 Å². The Morgan fingerprint density at radius 1 is 1.35 bits per heavy atom. The first kappa shape index (κ1) is 11.8. The molecule has 2 rings (SSSR count). The Labute approximate surface area is 101 Å². The summed E-state index contributed by atoms with van der Waals surface area (Å²) in [5, 5.41) is 3.71. The van der Waals surface area contributed by atoms with Crippen molar-refractivity contribution in [2.75, 3.05) is 7.11 Å². The van der Waals surface area contributed by atoms with E-state index in [2.05, 4.69) is 10.1 Å². The van der Waals surface area contributed by atoms with Gasteiger partial charge in [-0.05, 0) is 24.3 Å². The van der Waals surface area contributed by atoms with Gasteiger partial charge in [-0.25, -0.2) is 0 Å². The molecule has 0 aliphatic heterocycles. The first-order valence-electron chi connectivity index (χ1n) is 5.00. The molecule has 6 heteroatoms. The van der Waals surface area contributed by atoms with Crippen molar-refractivity contribution in [2.24, 2.45) is 0 Å². The fourth-order valence-corrected chi connectivity index (χ4v) is 2.29. The molecule has 5 nitrogen and oxygen atoms in total. The molecule has 1 unspecified atom stereocenters. The van der Waals surface area contributed by atoms with Crippen LogP contribution in [0, 0.1) is 6.92 Å². The lowest BCUT2D eigenvalue weighted by Crippen LogP contribution is -1.98. The molecule has 0 saturated heterocycles. The zero-order chi connectivity index (χ0) is 12.3. The Morgan fingerprint density at radius 2 is 2.06 bits per heavy atom. The van der Waals surface area contributed by atoms with E-state index in [0.29, 0.717) is 16.6 Å². The van der Waals surface area contributed by atoms with E-state index in [0.717, 1.165) is 5.75 Å². The zero-order valence-corrected chi connectivity index (χ0v) is 10.4. The van der Waals surface area contributed by atoms with E-state index in [1.165, 1.54) is 0 Å². The largest absolute Gasteiger partial charge is 0.497 e. The maximum atomic E-state index is 12.0. The molecule has 17 heavy (non-hydrogen) atoms. The van der Waals surface area contributed by atoms with Gasteiger partial charge in [0.05, 0.1) is 23.7 Å². The van der Waals surface area contributed by atoms with Crippen LogP contribution in [-0.2, 0) is 16.6 Å². The van der Waals surface area contributed by atoms with Gasteiger partial charge < -0.3 is 9.26 Å². The molecule has 1 aromatic heterocycles. The van der Waals surface area contributed by atoms with Gasteiger partial charge in [0.1, 0.15) is 5.75 Å². The average molecular weight is 252 g/mol. The number of nitrogens with zero attached hydrogens (tertiary/aromatic N) is 2. The minimum atomic E-state index is -1.17. The summed E-state index contributed by atoms with van der Waals surface area (Å²) in [6.45, 7) is 1.70. The summed E-state index contributed by atoms with van der Waals surface area (Å²) < 4.78 is 21.8. The second-order valence-corrected chi connectivity index (χ2v) is 4.85. The number of aryl methyl sites for hydroxylation is 1. The monoisotopic (exact) mass is 252 g/mol. The highest BCUT2D eigenvalue weighted by Gasteiger charge is 2.09. The van der Waals surface area contributed by atoms with Crippen molar-refractivity contribution in [1.29, 1.82) is 0 Å². The van der Waals surface area contributed by atoms with Crippen molar-refractivity contribution in [3.05, 3.63) is 36.0 Å². The van der Waals surface area contributed by atoms with Crippen LogP contribution < -0.4 is 4.74 Å². The molecule has 0 aliphatic rings. The van der Waals surface area contributed by atoms with Gasteiger partial charge >= 0.3 is 0 Å². The van der Waals surface area contributed by atoms with Crippen LogP contribution >= 0.6 is 0 Å². The molecule has 0 fully saturated rings. The Morgan fingerprint density at radius 3 is 2.59 bits per heavy atom. The number of hydrogen-bond donors (Lipinski definition) is 0. The third-order valence-corrected chi connectivity index (χ3v) is 3.47. The first-order valence-corrected chi connectivity index (χ1v) is 6.32. The van der Waals surface area contributed by atoms with Crippen LogP contribution in [0.3, 0.4) is 0 Å². The normalized spacial score (nSPS) is 12.4. The smallest absolute Gasteiger partial charge is 0.223 e. The summed E-state index contributed by atoms with van der Waals surface area (Å²) in [5.74, 6) is 1.92. The highest BCUT2D eigenvalue weighted by atomic mass is 32.2. The van der Waals surface area contributed by atoms with Gasteiger partial charge in [0.25, 0.3) is 0 Å². The third-order valence-electron chi connectivity index (χ3n) is 2.15. The lowest BCUT2D eigenvalue weighted by atomic mass is 10.3. The number of methoxy groups -OCH3 is 1. The lowest BCUT2D eigenvalue weighted by molar-refractivity contribution is 0.389. The molecule has 0 spiro atoms. The quantitative estimate of drug-likeness (QED) is 0.828. The highest BCUT2D eigenvalue weighted by Crippen LogP contribution is 2.16. The van der Waals surface area contributed by atoms with Crippen molar-refractivity contribution >= 4 is 10.8 Å². The van der Waals surface area contributed by atoms with Gasteiger partial charge in [-0.3, -0.25) is 4.21 Å². The Balaban J connectivity index is 2.09. The average Bonchev–Trinajstić information content (AvgIpc) is 2.75. The van der Waals surface area contributed by atoms with Crippen LogP contribution in [0.1, 0.15) is 11.7 Å². The molecule has 0 amide bonds. The van der Waals surface area contributed by atoms with E-state index >= 15 is 0 Å². The van der Waals surface area contributed by atoms with E-state index in [1.807, 2.05) is 0 Å². The topological polar surface area (TPSA) is 65.2 Å². The Bertz CT molecular complexity index is 522. The maximum absolute atomic E-state index is 12.0. The molecule has 1 heterocycles. The SMILES string of the molecule is COc1ccc(S(=O)Cc2noc(C)n2)cc1. The number of aromatic nitrogens is 2. The minimum absolute atomic E-state index is 0.254. The molecule has 90 valence electrons. The molecule has 0 radical (unpaired) electrons. The summed E-state index contributed by atoms with van der Waals surface area (Å²) in [4.78, 5) is 4.73. The highest BCUT2D eigenvalue weighted by molar-refractivity contribution is 7.84. The van der Waals surface area contributed by atoms with Gasteiger partial charge in [0.2, 0.25) is 5.89 Å². The summed E-state index contributed by atoms with van der Waals surface area (Å²) in [7, 11) is 0.419. The summed E-state index contributed by atoms with van der Waals surface area (Å²) in [6, 6.07) is 7.08. The van der Waals surface area contributed by atoms with Crippen molar-refractivity contribution < 1.29 is 13.5 Å². The van der Waals surface area contributed by atoms with Crippen molar-refractivity contribution in [3.8, 4) is 5.75 Å². The predicted octanol–water partition coefficient (Wildman–Crippen LogP) is 1.69. The Hall–Kier alpha value is -1.69. The summed E-state index contributed by atoms with van der Waals surface area (Å²) in [5.41, 5.74) is 0.